The van der Waals surface area contributed by atoms with E-state index in [1.165, 1.54) is 12.2 Å². The Kier molecular flexibility index (Phi) is 2.96. The second-order valence-corrected chi connectivity index (χ2v) is 3.45. The van der Waals surface area contributed by atoms with E-state index in [0.29, 0.717) is 13.2 Å². The van der Waals surface area contributed by atoms with Crippen molar-refractivity contribution in [1.29, 1.82) is 0 Å². The van der Waals surface area contributed by atoms with Gasteiger partial charge in [0, 0.05) is 0 Å². The number of phenols is 1. The molecule has 16 heavy (non-hydrogen) atoms. The lowest BCUT2D eigenvalue weighted by molar-refractivity contribution is -0.0769. The predicted octanol–water partition coefficient (Wildman–Crippen LogP) is 1.18. The lowest BCUT2D eigenvalue weighted by Crippen LogP contribution is -2.26. The molecule has 86 valence electrons. The quantitative estimate of drug-likeness (QED) is 0.817. The van der Waals surface area contributed by atoms with Crippen molar-refractivity contribution in [3.63, 3.8) is 0 Å². The van der Waals surface area contributed by atoms with Crippen LogP contribution in [0, 0.1) is 0 Å². The third-order valence-corrected chi connectivity index (χ3v) is 2.43. The highest BCUT2D eigenvalue weighted by Gasteiger charge is 2.24. The van der Waals surface area contributed by atoms with Gasteiger partial charge in [-0.3, -0.25) is 9.63 Å². The Labute approximate surface area is 93.1 Å². The first-order valence-electron chi connectivity index (χ1n) is 5.05. The first kappa shape index (κ1) is 10.8. The molecule has 1 saturated heterocycles. The van der Waals surface area contributed by atoms with Gasteiger partial charge in [0.2, 0.25) is 0 Å². The Morgan fingerprint density at radius 3 is 3.00 bits per heavy atom. The summed E-state index contributed by atoms with van der Waals surface area (Å²) in [6.07, 6.45) is 0.816. The van der Waals surface area contributed by atoms with E-state index in [9.17, 15) is 9.90 Å². The van der Waals surface area contributed by atoms with Gasteiger partial charge in [-0.2, -0.15) is 0 Å². The fourth-order valence-corrected chi connectivity index (χ4v) is 1.60. The summed E-state index contributed by atoms with van der Waals surface area (Å²) in [4.78, 5) is 17.1. The molecule has 0 bridgehead atoms. The lowest BCUT2D eigenvalue weighted by Gasteiger charge is -2.15. The average Bonchev–Trinajstić information content (AvgIpc) is 2.82. The maximum Gasteiger partial charge on any atom is 0.281 e. The molecule has 1 aliphatic rings. The molecule has 5 heteroatoms. The molecule has 1 heterocycles. The number of hydrogen-bond acceptors (Lipinski definition) is 4. The number of carbonyl (C=O) groups is 1. The van der Waals surface area contributed by atoms with E-state index in [2.05, 4.69) is 0 Å². The van der Waals surface area contributed by atoms with Gasteiger partial charge in [-0.1, -0.05) is 6.07 Å². The van der Waals surface area contributed by atoms with Crippen LogP contribution in [0.1, 0.15) is 16.8 Å². The van der Waals surface area contributed by atoms with Crippen molar-refractivity contribution in [2.24, 2.45) is 0 Å². The van der Waals surface area contributed by atoms with Crippen LogP contribution >= 0.6 is 0 Å². The fraction of sp³-hybridized carbons (Fsp3) is 0.364. The number of aromatic hydroxyl groups is 1. The van der Waals surface area contributed by atoms with Gasteiger partial charge >= 0.3 is 0 Å². The van der Waals surface area contributed by atoms with E-state index in [4.69, 9.17) is 9.57 Å². The molecule has 0 radical (unpaired) electrons. The van der Waals surface area contributed by atoms with Crippen molar-refractivity contribution in [2.45, 2.75) is 6.42 Å². The molecule has 2 rings (SSSR count). The van der Waals surface area contributed by atoms with Gasteiger partial charge in [-0.15, -0.1) is 0 Å². The summed E-state index contributed by atoms with van der Waals surface area (Å²) in [5.74, 6) is -0.204. The number of phenolic OH excluding ortho intramolecular Hbond substituents is 1. The first-order chi connectivity index (χ1) is 7.74. The van der Waals surface area contributed by atoms with E-state index in [1.54, 1.807) is 18.2 Å². The molecule has 0 atom stereocenters. The largest absolute Gasteiger partial charge is 0.504 e. The summed E-state index contributed by atoms with van der Waals surface area (Å²) in [6, 6.07) is 4.79. The molecule has 0 aliphatic carbocycles. The normalized spacial score (nSPS) is 15.2. The molecule has 1 amide bonds. The van der Waals surface area contributed by atoms with Crippen LogP contribution in [0.3, 0.4) is 0 Å². The number of hydroxylamine groups is 2. The second-order valence-electron chi connectivity index (χ2n) is 3.45. The molecule has 0 spiro atoms. The first-order valence-corrected chi connectivity index (χ1v) is 5.05. The maximum atomic E-state index is 11.9. The van der Waals surface area contributed by atoms with Crippen molar-refractivity contribution >= 4 is 5.91 Å². The molecule has 5 nitrogen and oxygen atoms in total. The molecule has 0 saturated carbocycles. The van der Waals surface area contributed by atoms with Crippen molar-refractivity contribution in [2.75, 3.05) is 20.3 Å². The number of para-hydroxylation sites is 1. The van der Waals surface area contributed by atoms with Crippen LogP contribution in [0.15, 0.2) is 18.2 Å². The van der Waals surface area contributed by atoms with Crippen molar-refractivity contribution in [1.82, 2.24) is 5.06 Å². The summed E-state index contributed by atoms with van der Waals surface area (Å²) < 4.78 is 4.94. The van der Waals surface area contributed by atoms with E-state index in [-0.39, 0.29) is 23.0 Å². The van der Waals surface area contributed by atoms with E-state index >= 15 is 0 Å². The SMILES string of the molecule is COc1cccc(C(=O)N2CCCO2)c1O. The molecular formula is C11H13NO4. The topological polar surface area (TPSA) is 59.0 Å². The highest BCUT2D eigenvalue weighted by Crippen LogP contribution is 2.30. The molecule has 1 aromatic carbocycles. The van der Waals surface area contributed by atoms with Crippen LogP contribution in [-0.2, 0) is 4.84 Å². The number of hydrogen-bond donors (Lipinski definition) is 1. The molecule has 1 fully saturated rings. The van der Waals surface area contributed by atoms with Gasteiger partial charge in [0.25, 0.3) is 5.91 Å². The predicted molar refractivity (Wildman–Crippen MR) is 56.3 cm³/mol. The lowest BCUT2D eigenvalue weighted by atomic mass is 10.1. The van der Waals surface area contributed by atoms with Gasteiger partial charge in [0.1, 0.15) is 0 Å². The second kappa shape index (κ2) is 4.40. The third-order valence-electron chi connectivity index (χ3n) is 2.43. The van der Waals surface area contributed by atoms with Crippen molar-refractivity contribution < 1.29 is 19.5 Å². The number of rotatable bonds is 2. The highest BCUT2D eigenvalue weighted by molar-refractivity contribution is 5.97. The van der Waals surface area contributed by atoms with Gasteiger partial charge in [0.15, 0.2) is 11.5 Å². The van der Waals surface area contributed by atoms with Gasteiger partial charge in [-0.05, 0) is 18.6 Å². The summed E-state index contributed by atoms with van der Waals surface area (Å²) in [6.45, 7) is 1.09. The molecule has 1 aliphatic heterocycles. The Hall–Kier alpha value is -1.75. The minimum absolute atomic E-state index is 0.148. The summed E-state index contributed by atoms with van der Waals surface area (Å²) in [7, 11) is 1.44. The smallest absolute Gasteiger partial charge is 0.281 e. The Bertz CT molecular complexity index is 399. The number of carbonyl (C=O) groups excluding carboxylic acids is 1. The molecular weight excluding hydrogens is 210 g/mol. The number of ether oxygens (including phenoxy) is 1. The standard InChI is InChI=1S/C11H13NO4/c1-15-9-5-2-4-8(10(9)13)11(14)12-6-3-7-16-12/h2,4-5,13H,3,6-7H2,1H3. The summed E-state index contributed by atoms with van der Waals surface area (Å²) in [5.41, 5.74) is 0.196. The summed E-state index contributed by atoms with van der Waals surface area (Å²) in [5, 5.41) is 11.0. The monoisotopic (exact) mass is 223 g/mol. The zero-order valence-corrected chi connectivity index (χ0v) is 8.97. The van der Waals surface area contributed by atoms with Gasteiger partial charge in [0.05, 0.1) is 25.8 Å². The maximum absolute atomic E-state index is 11.9. The van der Waals surface area contributed by atoms with E-state index in [0.717, 1.165) is 6.42 Å². The minimum Gasteiger partial charge on any atom is -0.504 e. The number of benzene rings is 1. The van der Waals surface area contributed by atoms with Crippen LogP contribution in [-0.4, -0.2) is 36.3 Å². The number of amides is 1. The molecule has 1 aromatic rings. The average molecular weight is 223 g/mol. The third kappa shape index (κ3) is 1.81. The summed E-state index contributed by atoms with van der Waals surface area (Å²) >= 11 is 0. The van der Waals surface area contributed by atoms with Crippen LogP contribution in [0.4, 0.5) is 0 Å². The zero-order chi connectivity index (χ0) is 11.5. The number of nitrogens with zero attached hydrogens (tertiary/aromatic N) is 1. The fourth-order valence-electron chi connectivity index (χ4n) is 1.60. The molecule has 1 N–H and O–H groups in total. The molecule has 0 aromatic heterocycles. The minimum atomic E-state index is -0.339. The highest BCUT2D eigenvalue weighted by atomic mass is 16.7. The van der Waals surface area contributed by atoms with Crippen LogP contribution in [0.25, 0.3) is 0 Å². The van der Waals surface area contributed by atoms with Gasteiger partial charge in [-0.25, -0.2) is 5.06 Å². The zero-order valence-electron chi connectivity index (χ0n) is 8.97. The number of methoxy groups -OCH3 is 1. The Morgan fingerprint density at radius 1 is 1.56 bits per heavy atom. The van der Waals surface area contributed by atoms with Gasteiger partial charge < -0.3 is 9.84 Å². The van der Waals surface area contributed by atoms with Crippen molar-refractivity contribution in [3.8, 4) is 11.5 Å². The van der Waals surface area contributed by atoms with Crippen LogP contribution < -0.4 is 4.74 Å². The van der Waals surface area contributed by atoms with Crippen molar-refractivity contribution in [3.05, 3.63) is 23.8 Å². The van der Waals surface area contributed by atoms with E-state index < -0.39 is 0 Å². The Morgan fingerprint density at radius 2 is 2.38 bits per heavy atom. The molecule has 0 unspecified atom stereocenters. The Balaban J connectivity index is 2.29. The van der Waals surface area contributed by atoms with E-state index in [1.807, 2.05) is 0 Å². The van der Waals surface area contributed by atoms with Crippen LogP contribution in [0.5, 0.6) is 11.5 Å². The van der Waals surface area contributed by atoms with Crippen LogP contribution in [0.2, 0.25) is 0 Å².